The number of anilines is 1. The van der Waals surface area contributed by atoms with Crippen LogP contribution in [0.1, 0.15) is 11.1 Å². The molecule has 0 heterocycles. The third kappa shape index (κ3) is 4.45. The number of nitrogens with one attached hydrogen (secondary N) is 1. The van der Waals surface area contributed by atoms with Gasteiger partial charge in [-0.15, -0.1) is 0 Å². The van der Waals surface area contributed by atoms with Crippen LogP contribution >= 0.6 is 0 Å². The first kappa shape index (κ1) is 18.7. The molecule has 0 aliphatic carbocycles. The summed E-state index contributed by atoms with van der Waals surface area (Å²) in [6.45, 7) is 0. The fourth-order valence-electron chi connectivity index (χ4n) is 2.04. The second kappa shape index (κ2) is 7.48. The summed E-state index contributed by atoms with van der Waals surface area (Å²) in [4.78, 5) is 22.1. The maximum atomic E-state index is 12.9. The number of non-ortho nitro benzene ring substituents is 1. The largest absolute Gasteiger partial charge is 0.418 e. The highest BCUT2D eigenvalue weighted by Gasteiger charge is 2.33. The Morgan fingerprint density at radius 3 is 2.31 bits per heavy atom. The Labute approximate surface area is 145 Å². The zero-order valence-corrected chi connectivity index (χ0v) is 12.9. The monoisotopic (exact) mass is 361 g/mol. The predicted octanol–water partition coefficient (Wildman–Crippen LogP) is 4.16. The number of nitro groups is 1. The molecule has 2 aromatic carbocycles. The zero-order chi connectivity index (χ0) is 19.3. The molecule has 1 amide bonds. The molecule has 6 nitrogen and oxygen atoms in total. The van der Waals surface area contributed by atoms with Crippen molar-refractivity contribution in [3.63, 3.8) is 0 Å². The second-order valence-electron chi connectivity index (χ2n) is 5.02. The highest BCUT2D eigenvalue weighted by Crippen LogP contribution is 2.34. The Morgan fingerprint density at radius 1 is 1.15 bits per heavy atom. The molecule has 0 radical (unpaired) electrons. The second-order valence-corrected chi connectivity index (χ2v) is 5.02. The number of amides is 1. The molecule has 0 saturated carbocycles. The van der Waals surface area contributed by atoms with Gasteiger partial charge in [-0.3, -0.25) is 14.9 Å². The summed E-state index contributed by atoms with van der Waals surface area (Å²) >= 11 is 0. The summed E-state index contributed by atoms with van der Waals surface area (Å²) in [5, 5.41) is 21.8. The third-order valence-electron chi connectivity index (χ3n) is 3.26. The van der Waals surface area contributed by atoms with Crippen LogP contribution in [0.15, 0.2) is 54.1 Å². The molecule has 0 aromatic heterocycles. The number of carbonyl (C=O) groups excluding carboxylic acids is 1. The van der Waals surface area contributed by atoms with Crippen molar-refractivity contribution in [3.8, 4) is 6.07 Å². The molecule has 0 saturated heterocycles. The molecule has 132 valence electrons. The molecule has 0 aliphatic rings. The Kier molecular flexibility index (Phi) is 5.37. The minimum Gasteiger partial charge on any atom is -0.321 e. The summed E-state index contributed by atoms with van der Waals surface area (Å²) in [5.74, 6) is -1.03. The van der Waals surface area contributed by atoms with E-state index in [-0.39, 0.29) is 5.69 Å². The van der Waals surface area contributed by atoms with Crippen molar-refractivity contribution in [2.75, 3.05) is 5.32 Å². The molecular weight excluding hydrogens is 351 g/mol. The fourth-order valence-corrected chi connectivity index (χ4v) is 2.04. The highest BCUT2D eigenvalue weighted by atomic mass is 19.4. The lowest BCUT2D eigenvalue weighted by Crippen LogP contribution is -2.17. The topological polar surface area (TPSA) is 96.0 Å². The van der Waals surface area contributed by atoms with E-state index in [0.717, 1.165) is 18.2 Å². The van der Waals surface area contributed by atoms with Gasteiger partial charge in [0.05, 0.1) is 16.2 Å². The van der Waals surface area contributed by atoms with Crippen molar-refractivity contribution in [3.05, 3.63) is 75.3 Å². The van der Waals surface area contributed by atoms with E-state index in [0.29, 0.717) is 5.56 Å². The van der Waals surface area contributed by atoms with Crippen LogP contribution in [0, 0.1) is 21.4 Å². The van der Waals surface area contributed by atoms with Gasteiger partial charge >= 0.3 is 6.18 Å². The Balaban J connectivity index is 2.28. The van der Waals surface area contributed by atoms with Crippen LogP contribution < -0.4 is 5.32 Å². The molecule has 0 unspecified atom stereocenters. The zero-order valence-electron chi connectivity index (χ0n) is 12.9. The van der Waals surface area contributed by atoms with E-state index in [9.17, 15) is 28.1 Å². The summed E-state index contributed by atoms with van der Waals surface area (Å²) in [6, 6.07) is 11.0. The molecule has 0 bridgehead atoms. The van der Waals surface area contributed by atoms with Gasteiger partial charge in [0.1, 0.15) is 11.6 Å². The van der Waals surface area contributed by atoms with Crippen molar-refractivity contribution >= 4 is 23.4 Å². The lowest BCUT2D eigenvalue weighted by atomic mass is 10.1. The maximum Gasteiger partial charge on any atom is 0.418 e. The molecule has 26 heavy (non-hydrogen) atoms. The smallest absolute Gasteiger partial charge is 0.321 e. The first-order chi connectivity index (χ1) is 12.2. The van der Waals surface area contributed by atoms with Crippen molar-refractivity contribution in [1.82, 2.24) is 0 Å². The lowest BCUT2D eigenvalue weighted by Gasteiger charge is -2.13. The number of halogens is 3. The number of hydrogen-bond acceptors (Lipinski definition) is 4. The van der Waals surface area contributed by atoms with Gasteiger partial charge in [0, 0.05) is 12.1 Å². The van der Waals surface area contributed by atoms with Gasteiger partial charge in [-0.2, -0.15) is 18.4 Å². The quantitative estimate of drug-likeness (QED) is 0.383. The number of nitro benzene ring substituents is 1. The molecular formula is C17H10F3N3O3. The predicted molar refractivity (Wildman–Crippen MR) is 86.8 cm³/mol. The summed E-state index contributed by atoms with van der Waals surface area (Å²) < 4.78 is 38.8. The number of hydrogen-bond donors (Lipinski definition) is 1. The van der Waals surface area contributed by atoms with E-state index in [2.05, 4.69) is 5.32 Å². The molecule has 0 aliphatic heterocycles. The van der Waals surface area contributed by atoms with Crippen LogP contribution in [-0.4, -0.2) is 10.8 Å². The van der Waals surface area contributed by atoms with Crippen LogP contribution in [0.4, 0.5) is 24.5 Å². The van der Waals surface area contributed by atoms with Crippen molar-refractivity contribution < 1.29 is 22.9 Å². The minimum absolute atomic E-state index is 0.177. The van der Waals surface area contributed by atoms with Crippen LogP contribution in [0.2, 0.25) is 0 Å². The molecule has 1 N–H and O–H groups in total. The fraction of sp³-hybridized carbons (Fsp3) is 0.0588. The summed E-state index contributed by atoms with van der Waals surface area (Å²) in [6.07, 6.45) is -3.55. The van der Waals surface area contributed by atoms with Gasteiger partial charge in [0.15, 0.2) is 0 Å². The average Bonchev–Trinajstić information content (AvgIpc) is 2.59. The normalized spacial score (nSPS) is 11.5. The SMILES string of the molecule is N#C/C(=C\c1ccc([N+](=O)[O-])cc1)C(=O)Nc1ccccc1C(F)(F)F. The first-order valence-electron chi connectivity index (χ1n) is 7.06. The Bertz CT molecular complexity index is 913. The number of para-hydroxylation sites is 1. The molecule has 2 rings (SSSR count). The molecule has 0 spiro atoms. The van der Waals surface area contributed by atoms with E-state index in [1.807, 2.05) is 0 Å². The molecule has 0 fully saturated rings. The summed E-state index contributed by atoms with van der Waals surface area (Å²) in [7, 11) is 0. The standard InChI is InChI=1S/C17H10F3N3O3/c18-17(19,20)14-3-1-2-4-15(14)22-16(24)12(10-21)9-11-5-7-13(8-6-11)23(25)26/h1-9H,(H,22,24)/b12-9+. The number of benzene rings is 2. The number of nitrogens with zero attached hydrogens (tertiary/aromatic N) is 2. The van der Waals surface area contributed by atoms with E-state index in [1.165, 1.54) is 36.4 Å². The maximum absolute atomic E-state index is 12.9. The van der Waals surface area contributed by atoms with Crippen LogP contribution in [-0.2, 0) is 11.0 Å². The van der Waals surface area contributed by atoms with Crippen LogP contribution in [0.3, 0.4) is 0 Å². The van der Waals surface area contributed by atoms with Crippen molar-refractivity contribution in [2.45, 2.75) is 6.18 Å². The number of carbonyl (C=O) groups is 1. The average molecular weight is 361 g/mol. The third-order valence-corrected chi connectivity index (χ3v) is 3.26. The van der Waals surface area contributed by atoms with Gasteiger partial charge < -0.3 is 5.32 Å². The highest BCUT2D eigenvalue weighted by molar-refractivity contribution is 6.10. The minimum atomic E-state index is -4.67. The number of alkyl halides is 3. The first-order valence-corrected chi connectivity index (χ1v) is 7.06. The van der Waals surface area contributed by atoms with Gasteiger partial charge in [-0.05, 0) is 35.9 Å². The number of rotatable bonds is 4. The van der Waals surface area contributed by atoms with E-state index in [4.69, 9.17) is 5.26 Å². The van der Waals surface area contributed by atoms with Crippen molar-refractivity contribution in [2.24, 2.45) is 0 Å². The Hall–Kier alpha value is -3.67. The van der Waals surface area contributed by atoms with Gasteiger partial charge in [0.2, 0.25) is 0 Å². The molecule has 9 heteroatoms. The van der Waals surface area contributed by atoms with Crippen LogP contribution in [0.25, 0.3) is 6.08 Å². The molecule has 0 atom stereocenters. The van der Waals surface area contributed by atoms with E-state index < -0.39 is 33.8 Å². The van der Waals surface area contributed by atoms with Gasteiger partial charge in [0.25, 0.3) is 11.6 Å². The Morgan fingerprint density at radius 2 is 1.77 bits per heavy atom. The van der Waals surface area contributed by atoms with Gasteiger partial charge in [-0.1, -0.05) is 12.1 Å². The van der Waals surface area contributed by atoms with E-state index >= 15 is 0 Å². The van der Waals surface area contributed by atoms with E-state index in [1.54, 1.807) is 6.07 Å². The van der Waals surface area contributed by atoms with Gasteiger partial charge in [-0.25, -0.2) is 0 Å². The summed E-state index contributed by atoms with van der Waals surface area (Å²) in [5.41, 5.74) is -1.83. The number of nitriles is 1. The van der Waals surface area contributed by atoms with Crippen LogP contribution in [0.5, 0.6) is 0 Å². The van der Waals surface area contributed by atoms with Crippen molar-refractivity contribution in [1.29, 1.82) is 5.26 Å². The molecule has 2 aromatic rings. The lowest BCUT2D eigenvalue weighted by molar-refractivity contribution is -0.384.